The summed E-state index contributed by atoms with van der Waals surface area (Å²) in [5.41, 5.74) is 1.29. The zero-order valence-corrected chi connectivity index (χ0v) is 12.8. The molecule has 0 aromatic heterocycles. The Kier molecular flexibility index (Phi) is 4.91. The van der Waals surface area contributed by atoms with Crippen molar-refractivity contribution in [1.82, 2.24) is 10.2 Å². The van der Waals surface area contributed by atoms with Gasteiger partial charge >= 0.3 is 0 Å². The normalized spacial score (nSPS) is 20.4. The Morgan fingerprint density at radius 3 is 2.48 bits per heavy atom. The molecule has 1 N–H and O–H groups in total. The first kappa shape index (κ1) is 14.6. The molecule has 114 valence electrons. The summed E-state index contributed by atoms with van der Waals surface area (Å²) in [4.78, 5) is 14.7. The molecule has 1 saturated heterocycles. The van der Waals surface area contributed by atoms with E-state index in [-0.39, 0.29) is 11.8 Å². The Bertz CT molecular complexity index is 448. The predicted molar refractivity (Wildman–Crippen MR) is 85.0 cm³/mol. The van der Waals surface area contributed by atoms with Crippen LogP contribution >= 0.6 is 0 Å². The van der Waals surface area contributed by atoms with Crippen LogP contribution in [-0.2, 0) is 11.2 Å². The predicted octanol–water partition coefficient (Wildman–Crippen LogP) is 2.47. The number of rotatable bonds is 6. The summed E-state index contributed by atoms with van der Waals surface area (Å²) in [6, 6.07) is 10.3. The molecule has 3 heteroatoms. The second kappa shape index (κ2) is 7.08. The van der Waals surface area contributed by atoms with E-state index >= 15 is 0 Å². The van der Waals surface area contributed by atoms with Crippen LogP contribution in [0.2, 0.25) is 0 Å². The van der Waals surface area contributed by atoms with Gasteiger partial charge in [-0.2, -0.15) is 0 Å². The van der Waals surface area contributed by atoms with E-state index in [1.165, 1.54) is 24.9 Å². The fraction of sp³-hybridized carbons (Fsp3) is 0.611. The first-order valence-corrected chi connectivity index (χ1v) is 8.35. The maximum absolute atomic E-state index is 12.2. The lowest BCUT2D eigenvalue weighted by atomic mass is 9.95. The monoisotopic (exact) mass is 286 g/mol. The number of carbonyl (C=O) groups is 1. The average Bonchev–Trinajstić information content (AvgIpc) is 3.33. The Morgan fingerprint density at radius 2 is 1.81 bits per heavy atom. The summed E-state index contributed by atoms with van der Waals surface area (Å²) in [6.07, 6.45) is 5.82. The standard InChI is InChI=1S/C18H26N2O/c21-18(19-11-8-15-4-2-1-3-5-15)17-9-12-20(13-10-17)14-16-6-7-16/h1-5,16-17H,6-14H2,(H,19,21). The Labute approximate surface area is 127 Å². The van der Waals surface area contributed by atoms with Gasteiger partial charge in [-0.1, -0.05) is 30.3 Å². The molecule has 0 radical (unpaired) electrons. The Balaban J connectivity index is 1.34. The van der Waals surface area contributed by atoms with Gasteiger partial charge in [0, 0.05) is 19.0 Å². The molecule has 3 rings (SSSR count). The van der Waals surface area contributed by atoms with Gasteiger partial charge < -0.3 is 10.2 Å². The maximum Gasteiger partial charge on any atom is 0.223 e. The Morgan fingerprint density at radius 1 is 1.10 bits per heavy atom. The third kappa shape index (κ3) is 4.57. The highest BCUT2D eigenvalue weighted by Crippen LogP contribution is 2.31. The van der Waals surface area contributed by atoms with Gasteiger partial charge in [-0.15, -0.1) is 0 Å². The molecule has 2 aliphatic rings. The fourth-order valence-electron chi connectivity index (χ4n) is 3.16. The van der Waals surface area contributed by atoms with Crippen LogP contribution in [0.4, 0.5) is 0 Å². The van der Waals surface area contributed by atoms with Crippen molar-refractivity contribution in [3.8, 4) is 0 Å². The number of hydrogen-bond acceptors (Lipinski definition) is 2. The molecule has 1 aliphatic heterocycles. The summed E-state index contributed by atoms with van der Waals surface area (Å²) in [6.45, 7) is 4.23. The average molecular weight is 286 g/mol. The number of carbonyl (C=O) groups excluding carboxylic acids is 1. The summed E-state index contributed by atoms with van der Waals surface area (Å²) >= 11 is 0. The minimum Gasteiger partial charge on any atom is -0.356 e. The molecule has 1 heterocycles. The third-order valence-corrected chi connectivity index (χ3v) is 4.73. The minimum atomic E-state index is 0.233. The number of benzene rings is 1. The van der Waals surface area contributed by atoms with Crippen LogP contribution in [0, 0.1) is 11.8 Å². The van der Waals surface area contributed by atoms with Crippen LogP contribution < -0.4 is 5.32 Å². The van der Waals surface area contributed by atoms with Crippen LogP contribution in [0.1, 0.15) is 31.2 Å². The van der Waals surface area contributed by atoms with E-state index in [9.17, 15) is 4.79 Å². The number of nitrogens with zero attached hydrogens (tertiary/aromatic N) is 1. The largest absolute Gasteiger partial charge is 0.356 e. The zero-order valence-electron chi connectivity index (χ0n) is 12.8. The van der Waals surface area contributed by atoms with Crippen LogP contribution in [0.5, 0.6) is 0 Å². The number of nitrogens with one attached hydrogen (secondary N) is 1. The molecular formula is C18H26N2O. The molecule has 2 fully saturated rings. The first-order chi connectivity index (χ1) is 10.3. The highest BCUT2D eigenvalue weighted by atomic mass is 16.1. The molecule has 1 aliphatic carbocycles. The fourth-order valence-corrected chi connectivity index (χ4v) is 3.16. The van der Waals surface area contributed by atoms with Gasteiger partial charge in [-0.05, 0) is 56.7 Å². The zero-order chi connectivity index (χ0) is 14.5. The SMILES string of the molecule is O=C(NCCc1ccccc1)C1CCN(CC2CC2)CC1. The molecule has 1 aromatic carbocycles. The van der Waals surface area contributed by atoms with Gasteiger partial charge in [0.1, 0.15) is 0 Å². The molecule has 21 heavy (non-hydrogen) atoms. The van der Waals surface area contributed by atoms with Crippen molar-refractivity contribution in [3.05, 3.63) is 35.9 Å². The summed E-state index contributed by atoms with van der Waals surface area (Å²) in [5, 5.41) is 3.11. The van der Waals surface area contributed by atoms with Crippen LogP contribution in [0.15, 0.2) is 30.3 Å². The number of piperidine rings is 1. The first-order valence-electron chi connectivity index (χ1n) is 8.35. The molecule has 1 aromatic rings. The van der Waals surface area contributed by atoms with Crippen LogP contribution in [-0.4, -0.2) is 37.0 Å². The summed E-state index contributed by atoms with van der Waals surface area (Å²) in [5.74, 6) is 1.45. The van der Waals surface area contributed by atoms with Gasteiger partial charge in [-0.3, -0.25) is 4.79 Å². The van der Waals surface area contributed by atoms with Crippen molar-refractivity contribution >= 4 is 5.91 Å². The second-order valence-electron chi connectivity index (χ2n) is 6.54. The number of likely N-dealkylation sites (tertiary alicyclic amines) is 1. The van der Waals surface area contributed by atoms with Gasteiger partial charge in [0.05, 0.1) is 0 Å². The van der Waals surface area contributed by atoms with Gasteiger partial charge in [0.2, 0.25) is 5.91 Å². The minimum absolute atomic E-state index is 0.233. The van der Waals surface area contributed by atoms with E-state index in [2.05, 4.69) is 22.3 Å². The van der Waals surface area contributed by atoms with Gasteiger partial charge in [-0.25, -0.2) is 0 Å². The van der Waals surface area contributed by atoms with Gasteiger partial charge in [0.15, 0.2) is 0 Å². The van der Waals surface area contributed by atoms with Crippen LogP contribution in [0.3, 0.4) is 0 Å². The van der Waals surface area contributed by atoms with Gasteiger partial charge in [0.25, 0.3) is 0 Å². The second-order valence-corrected chi connectivity index (χ2v) is 6.54. The highest BCUT2D eigenvalue weighted by Gasteiger charge is 2.29. The smallest absolute Gasteiger partial charge is 0.223 e. The molecule has 1 amide bonds. The van der Waals surface area contributed by atoms with Crippen molar-refractivity contribution in [1.29, 1.82) is 0 Å². The maximum atomic E-state index is 12.2. The summed E-state index contributed by atoms with van der Waals surface area (Å²) in [7, 11) is 0. The molecule has 0 spiro atoms. The molecule has 0 unspecified atom stereocenters. The van der Waals surface area contributed by atoms with E-state index in [4.69, 9.17) is 0 Å². The molecular weight excluding hydrogens is 260 g/mol. The van der Waals surface area contributed by atoms with Crippen molar-refractivity contribution in [3.63, 3.8) is 0 Å². The summed E-state index contributed by atoms with van der Waals surface area (Å²) < 4.78 is 0. The van der Waals surface area contributed by atoms with E-state index < -0.39 is 0 Å². The quantitative estimate of drug-likeness (QED) is 0.871. The number of hydrogen-bond donors (Lipinski definition) is 1. The number of amides is 1. The Hall–Kier alpha value is -1.35. The van der Waals surface area contributed by atoms with E-state index in [1.807, 2.05) is 18.2 Å². The van der Waals surface area contributed by atoms with E-state index in [1.54, 1.807) is 0 Å². The molecule has 1 saturated carbocycles. The molecule has 0 atom stereocenters. The topological polar surface area (TPSA) is 32.3 Å². The lowest BCUT2D eigenvalue weighted by Crippen LogP contribution is -2.41. The lowest BCUT2D eigenvalue weighted by Gasteiger charge is -2.31. The van der Waals surface area contributed by atoms with E-state index in [0.717, 1.165) is 44.8 Å². The van der Waals surface area contributed by atoms with E-state index in [0.29, 0.717) is 0 Å². The molecule has 0 bridgehead atoms. The highest BCUT2D eigenvalue weighted by molar-refractivity contribution is 5.78. The van der Waals surface area contributed by atoms with Crippen molar-refractivity contribution in [2.45, 2.75) is 32.1 Å². The van der Waals surface area contributed by atoms with Crippen molar-refractivity contribution in [2.75, 3.05) is 26.2 Å². The molecule has 3 nitrogen and oxygen atoms in total. The van der Waals surface area contributed by atoms with Crippen molar-refractivity contribution in [2.24, 2.45) is 11.8 Å². The van der Waals surface area contributed by atoms with Crippen LogP contribution in [0.25, 0.3) is 0 Å². The third-order valence-electron chi connectivity index (χ3n) is 4.73. The van der Waals surface area contributed by atoms with Crippen molar-refractivity contribution < 1.29 is 4.79 Å². The lowest BCUT2D eigenvalue weighted by molar-refractivity contribution is -0.126.